The Morgan fingerprint density at radius 2 is 1.80 bits per heavy atom. The maximum Gasteiger partial charge on any atom is 0.263 e. The quantitative estimate of drug-likeness (QED) is 0.416. The van der Waals surface area contributed by atoms with E-state index >= 15 is 0 Å². The van der Waals surface area contributed by atoms with Crippen LogP contribution in [-0.4, -0.2) is 56.9 Å². The number of anilines is 1. The lowest BCUT2D eigenvalue weighted by Gasteiger charge is -2.38. The van der Waals surface area contributed by atoms with Crippen LogP contribution < -0.4 is 19.7 Å². The molecule has 0 bridgehead atoms. The lowest BCUT2D eigenvalue weighted by molar-refractivity contribution is -0.129. The highest BCUT2D eigenvalue weighted by Crippen LogP contribution is 2.36. The molecule has 3 aromatic carbocycles. The van der Waals surface area contributed by atoms with E-state index in [0.717, 1.165) is 5.56 Å². The number of halogens is 1. The Balaban J connectivity index is 1.32. The molecule has 0 saturated carbocycles. The molecule has 0 radical (unpaired) electrons. The van der Waals surface area contributed by atoms with E-state index in [1.807, 2.05) is 37.3 Å². The van der Waals surface area contributed by atoms with Gasteiger partial charge in [0.2, 0.25) is 15.9 Å². The van der Waals surface area contributed by atoms with Crippen LogP contribution in [0, 0.1) is 5.92 Å². The van der Waals surface area contributed by atoms with Crippen LogP contribution in [0.1, 0.15) is 25.3 Å². The molecule has 2 heterocycles. The molecule has 41 heavy (non-hydrogen) atoms. The number of hydrogen-bond donors (Lipinski definition) is 1. The normalized spacial score (nSPS) is 19.1. The van der Waals surface area contributed by atoms with Gasteiger partial charge in [0.05, 0.1) is 34.7 Å². The van der Waals surface area contributed by atoms with Gasteiger partial charge in [0.15, 0.2) is 6.10 Å². The summed E-state index contributed by atoms with van der Waals surface area (Å²) in [7, 11) is -3.90. The zero-order valence-corrected chi connectivity index (χ0v) is 24.2. The second-order valence-electron chi connectivity index (χ2n) is 9.95. The number of carbonyl (C=O) groups excluding carboxylic acids is 2. The molecule has 0 unspecified atom stereocenters. The molecule has 11 heteroatoms. The first-order valence-corrected chi connectivity index (χ1v) is 15.4. The Morgan fingerprint density at radius 1 is 1.05 bits per heavy atom. The van der Waals surface area contributed by atoms with Crippen molar-refractivity contribution in [1.82, 2.24) is 9.62 Å². The average molecular weight is 598 g/mol. The van der Waals surface area contributed by atoms with Gasteiger partial charge in [-0.15, -0.1) is 0 Å². The van der Waals surface area contributed by atoms with E-state index in [4.69, 9.17) is 21.1 Å². The van der Waals surface area contributed by atoms with E-state index in [1.165, 1.54) is 16.4 Å². The van der Waals surface area contributed by atoms with Gasteiger partial charge in [0.25, 0.3) is 5.91 Å². The number of fused-ring (bicyclic) bond motifs is 1. The minimum Gasteiger partial charge on any atom is -0.492 e. The molecule has 1 saturated heterocycles. The van der Waals surface area contributed by atoms with Crippen molar-refractivity contribution in [1.29, 1.82) is 0 Å². The van der Waals surface area contributed by atoms with Crippen LogP contribution in [0.3, 0.4) is 0 Å². The number of ether oxygens (including phenoxy) is 2. The van der Waals surface area contributed by atoms with Crippen LogP contribution >= 0.6 is 11.6 Å². The first kappa shape index (κ1) is 28.9. The van der Waals surface area contributed by atoms with Crippen LogP contribution in [0.25, 0.3) is 0 Å². The number of rotatable bonds is 8. The largest absolute Gasteiger partial charge is 0.492 e. The van der Waals surface area contributed by atoms with Crippen molar-refractivity contribution in [2.75, 3.05) is 31.1 Å². The molecule has 2 atom stereocenters. The summed E-state index contributed by atoms with van der Waals surface area (Å²) in [5.74, 6) is -0.326. The summed E-state index contributed by atoms with van der Waals surface area (Å²) in [6, 6.07) is 21.0. The van der Waals surface area contributed by atoms with Gasteiger partial charge in [-0.3, -0.25) is 9.59 Å². The van der Waals surface area contributed by atoms with Gasteiger partial charge in [-0.25, -0.2) is 8.42 Å². The van der Waals surface area contributed by atoms with Gasteiger partial charge in [-0.1, -0.05) is 54.1 Å². The first-order chi connectivity index (χ1) is 19.8. The molecule has 2 aliphatic heterocycles. The summed E-state index contributed by atoms with van der Waals surface area (Å²) in [5, 5.41) is 3.10. The number of hydrogen-bond acceptors (Lipinski definition) is 6. The highest BCUT2D eigenvalue weighted by atomic mass is 35.5. The van der Waals surface area contributed by atoms with Crippen LogP contribution in [0.5, 0.6) is 11.5 Å². The highest BCUT2D eigenvalue weighted by molar-refractivity contribution is 7.89. The van der Waals surface area contributed by atoms with Crippen molar-refractivity contribution < 1.29 is 27.5 Å². The molecular weight excluding hydrogens is 566 g/mol. The molecule has 3 aromatic rings. The number of benzene rings is 3. The zero-order chi connectivity index (χ0) is 29.0. The van der Waals surface area contributed by atoms with Crippen molar-refractivity contribution in [3.63, 3.8) is 0 Å². The molecular formula is C30H32ClN3O6S. The van der Waals surface area contributed by atoms with E-state index in [-0.39, 0.29) is 34.8 Å². The third-order valence-corrected chi connectivity index (χ3v) is 9.37. The average Bonchev–Trinajstić information content (AvgIpc) is 3.00. The van der Waals surface area contributed by atoms with Gasteiger partial charge >= 0.3 is 0 Å². The maximum atomic E-state index is 13.9. The van der Waals surface area contributed by atoms with Crippen molar-refractivity contribution in [2.45, 2.75) is 37.3 Å². The number of amides is 2. The predicted octanol–water partition coefficient (Wildman–Crippen LogP) is 4.25. The highest BCUT2D eigenvalue weighted by Gasteiger charge is 2.40. The molecule has 9 nitrogen and oxygen atoms in total. The van der Waals surface area contributed by atoms with Gasteiger partial charge < -0.3 is 19.7 Å². The van der Waals surface area contributed by atoms with Gasteiger partial charge in [0, 0.05) is 19.6 Å². The number of carbonyl (C=O) groups is 2. The zero-order valence-electron chi connectivity index (χ0n) is 22.7. The summed E-state index contributed by atoms with van der Waals surface area (Å²) in [6.07, 6.45) is 0.138. The molecule has 1 fully saturated rings. The number of nitrogens with one attached hydrogen (secondary N) is 1. The molecule has 0 aliphatic carbocycles. The van der Waals surface area contributed by atoms with E-state index < -0.39 is 22.0 Å². The summed E-state index contributed by atoms with van der Waals surface area (Å²) in [5.41, 5.74) is 1.50. The molecule has 0 aromatic heterocycles. The van der Waals surface area contributed by atoms with Crippen LogP contribution in [0.15, 0.2) is 77.7 Å². The topological polar surface area (TPSA) is 105 Å². The van der Waals surface area contributed by atoms with E-state index in [9.17, 15) is 18.0 Å². The van der Waals surface area contributed by atoms with Crippen molar-refractivity contribution in [3.05, 3.63) is 83.4 Å². The number of sulfonamides is 1. The van der Waals surface area contributed by atoms with Crippen LogP contribution in [0.2, 0.25) is 5.02 Å². The number of piperidine rings is 1. The smallest absolute Gasteiger partial charge is 0.263 e. The Kier molecular flexibility index (Phi) is 8.82. The maximum absolute atomic E-state index is 13.9. The first-order valence-electron chi connectivity index (χ1n) is 13.6. The summed E-state index contributed by atoms with van der Waals surface area (Å²) in [6.45, 7) is 2.89. The summed E-state index contributed by atoms with van der Waals surface area (Å²) < 4.78 is 39.8. The second-order valence-corrected chi connectivity index (χ2v) is 12.3. The third kappa shape index (κ3) is 6.34. The van der Waals surface area contributed by atoms with E-state index in [2.05, 4.69) is 5.32 Å². The standard InChI is InChI=1S/C30H32ClN3O6S/c1-2-39-26-15-14-23(17-24(26)31)41(37,38)33-16-8-11-22(19-33)30(36)34-20-28(40-27-13-7-6-12-25(27)34)29(35)32-18-21-9-4-3-5-10-21/h3-7,9-10,12-15,17,22,28H,2,8,11,16,18-20H2,1H3,(H,32,35)/t22-,28+/m1/s1. The third-order valence-electron chi connectivity index (χ3n) is 7.22. The van der Waals surface area contributed by atoms with Crippen molar-refractivity contribution >= 4 is 39.1 Å². The van der Waals surface area contributed by atoms with Crippen molar-refractivity contribution in [2.24, 2.45) is 5.92 Å². The minimum absolute atomic E-state index is 0.0220. The lowest BCUT2D eigenvalue weighted by atomic mass is 9.97. The Labute approximate surface area is 245 Å². The molecule has 0 spiro atoms. The fourth-order valence-electron chi connectivity index (χ4n) is 5.12. The molecule has 216 valence electrons. The van der Waals surface area contributed by atoms with Gasteiger partial charge in [-0.05, 0) is 55.7 Å². The molecule has 2 amide bonds. The van der Waals surface area contributed by atoms with Crippen molar-refractivity contribution in [3.8, 4) is 11.5 Å². The number of para-hydroxylation sites is 2. The van der Waals surface area contributed by atoms with Gasteiger partial charge in [-0.2, -0.15) is 4.31 Å². The summed E-state index contributed by atoms with van der Waals surface area (Å²) >= 11 is 6.26. The van der Waals surface area contributed by atoms with Gasteiger partial charge in [0.1, 0.15) is 11.5 Å². The monoisotopic (exact) mass is 597 g/mol. The molecule has 1 N–H and O–H groups in total. The molecule has 2 aliphatic rings. The predicted molar refractivity (Wildman–Crippen MR) is 156 cm³/mol. The van der Waals surface area contributed by atoms with E-state index in [0.29, 0.717) is 49.7 Å². The Hall–Kier alpha value is -3.60. The van der Waals surface area contributed by atoms with Crippen LogP contribution in [-0.2, 0) is 26.2 Å². The Morgan fingerprint density at radius 3 is 2.56 bits per heavy atom. The number of nitrogens with zero attached hydrogens (tertiary/aromatic N) is 2. The SMILES string of the molecule is CCOc1ccc(S(=O)(=O)N2CCC[C@@H](C(=O)N3C[C@@H](C(=O)NCc4ccccc4)Oc4ccccc43)C2)cc1Cl. The molecule has 5 rings (SSSR count). The second kappa shape index (κ2) is 12.5. The van der Waals surface area contributed by atoms with E-state index in [1.54, 1.807) is 35.2 Å². The van der Waals surface area contributed by atoms with Crippen LogP contribution in [0.4, 0.5) is 5.69 Å². The Bertz CT molecular complexity index is 1520. The fourth-order valence-corrected chi connectivity index (χ4v) is 6.98. The fraction of sp³-hybridized carbons (Fsp3) is 0.333. The summed E-state index contributed by atoms with van der Waals surface area (Å²) in [4.78, 5) is 28.6. The lowest BCUT2D eigenvalue weighted by Crippen LogP contribution is -2.53. The minimum atomic E-state index is -3.90.